The van der Waals surface area contributed by atoms with Gasteiger partial charge in [0.25, 0.3) is 5.91 Å². The summed E-state index contributed by atoms with van der Waals surface area (Å²) in [5.74, 6) is -0.229. The summed E-state index contributed by atoms with van der Waals surface area (Å²) in [7, 11) is 1.99. The van der Waals surface area contributed by atoms with Crippen molar-refractivity contribution in [3.05, 3.63) is 90.3 Å². The molecule has 0 radical (unpaired) electrons. The first kappa shape index (κ1) is 21.8. The van der Waals surface area contributed by atoms with Gasteiger partial charge in [-0.2, -0.15) is 0 Å². The van der Waals surface area contributed by atoms with Gasteiger partial charge < -0.3 is 20.9 Å². The second kappa shape index (κ2) is 10.8. The van der Waals surface area contributed by atoms with E-state index < -0.39 is 0 Å². The SMILES string of the molecule is C[C@@H](CNC(=O)Nc1cccc(C(=O)NCc2ccccn2)c1)N(C)c1ccccc1. The molecule has 0 aliphatic carbocycles. The average Bonchev–Trinajstić information content (AvgIpc) is 2.82. The average molecular weight is 418 g/mol. The fourth-order valence-electron chi connectivity index (χ4n) is 2.98. The van der Waals surface area contributed by atoms with Gasteiger partial charge in [-0.05, 0) is 49.4 Å². The first-order valence-electron chi connectivity index (χ1n) is 10.1. The molecule has 0 saturated heterocycles. The van der Waals surface area contributed by atoms with E-state index in [0.717, 1.165) is 11.4 Å². The van der Waals surface area contributed by atoms with Gasteiger partial charge in [0.05, 0.1) is 12.2 Å². The maximum Gasteiger partial charge on any atom is 0.319 e. The van der Waals surface area contributed by atoms with E-state index in [1.54, 1.807) is 30.5 Å². The van der Waals surface area contributed by atoms with Crippen LogP contribution in [-0.4, -0.2) is 36.6 Å². The molecule has 0 fully saturated rings. The Morgan fingerprint density at radius 2 is 1.74 bits per heavy atom. The predicted octanol–water partition coefficient (Wildman–Crippen LogP) is 3.66. The van der Waals surface area contributed by atoms with Crippen molar-refractivity contribution >= 4 is 23.3 Å². The third-order valence-corrected chi connectivity index (χ3v) is 4.92. The number of anilines is 2. The Kier molecular flexibility index (Phi) is 7.59. The van der Waals surface area contributed by atoms with Crippen molar-refractivity contribution in [2.24, 2.45) is 0 Å². The Labute approximate surface area is 182 Å². The number of hydrogen-bond acceptors (Lipinski definition) is 4. The van der Waals surface area contributed by atoms with Crippen molar-refractivity contribution in [3.63, 3.8) is 0 Å². The van der Waals surface area contributed by atoms with E-state index in [9.17, 15) is 9.59 Å². The number of rotatable bonds is 8. The first-order valence-corrected chi connectivity index (χ1v) is 10.1. The molecule has 0 saturated carbocycles. The molecular formula is C24H27N5O2. The lowest BCUT2D eigenvalue weighted by Crippen LogP contribution is -2.41. The number of carbonyl (C=O) groups excluding carboxylic acids is 2. The first-order chi connectivity index (χ1) is 15.0. The van der Waals surface area contributed by atoms with E-state index in [2.05, 4.69) is 25.8 Å². The van der Waals surface area contributed by atoms with Crippen molar-refractivity contribution in [1.29, 1.82) is 0 Å². The summed E-state index contributed by atoms with van der Waals surface area (Å²) in [6.07, 6.45) is 1.68. The van der Waals surface area contributed by atoms with E-state index in [1.807, 2.05) is 62.5 Å². The number of likely N-dealkylation sites (N-methyl/N-ethyl adjacent to an activating group) is 1. The zero-order valence-corrected chi connectivity index (χ0v) is 17.7. The normalized spacial score (nSPS) is 11.3. The van der Waals surface area contributed by atoms with Crippen LogP contribution in [0.4, 0.5) is 16.2 Å². The van der Waals surface area contributed by atoms with Crippen LogP contribution in [0.15, 0.2) is 79.0 Å². The van der Waals surface area contributed by atoms with Crippen LogP contribution in [0.25, 0.3) is 0 Å². The summed E-state index contributed by atoms with van der Waals surface area (Å²) in [4.78, 5) is 31.0. The zero-order chi connectivity index (χ0) is 22.1. The van der Waals surface area contributed by atoms with Gasteiger partial charge in [-0.15, -0.1) is 0 Å². The highest BCUT2D eigenvalue weighted by atomic mass is 16.2. The standard InChI is InChI=1S/C24H27N5O2/c1-18(29(2)22-12-4-3-5-13-22)16-27-24(31)28-20-11-8-9-19(15-20)23(30)26-17-21-10-6-7-14-25-21/h3-15,18H,16-17H2,1-2H3,(H,26,30)(H2,27,28,31)/t18-/m0/s1. The van der Waals surface area contributed by atoms with Gasteiger partial charge in [0, 0.05) is 42.8 Å². The van der Waals surface area contributed by atoms with Crippen LogP contribution in [0.5, 0.6) is 0 Å². The number of carbonyl (C=O) groups is 2. The molecule has 7 nitrogen and oxygen atoms in total. The lowest BCUT2D eigenvalue weighted by atomic mass is 10.2. The minimum atomic E-state index is -0.320. The number of nitrogens with one attached hydrogen (secondary N) is 3. The van der Waals surface area contributed by atoms with E-state index in [4.69, 9.17) is 0 Å². The fraction of sp³-hybridized carbons (Fsp3) is 0.208. The van der Waals surface area contributed by atoms with Gasteiger partial charge >= 0.3 is 6.03 Å². The van der Waals surface area contributed by atoms with E-state index >= 15 is 0 Å². The molecule has 3 N–H and O–H groups in total. The molecule has 0 bridgehead atoms. The van der Waals surface area contributed by atoms with E-state index in [1.165, 1.54) is 0 Å². The Morgan fingerprint density at radius 1 is 0.968 bits per heavy atom. The highest BCUT2D eigenvalue weighted by Crippen LogP contribution is 2.14. The van der Waals surface area contributed by atoms with Crippen LogP contribution >= 0.6 is 0 Å². The molecule has 3 rings (SSSR count). The van der Waals surface area contributed by atoms with Gasteiger partial charge in [-0.3, -0.25) is 9.78 Å². The largest absolute Gasteiger partial charge is 0.370 e. The van der Waals surface area contributed by atoms with Crippen molar-refractivity contribution in [2.75, 3.05) is 23.8 Å². The lowest BCUT2D eigenvalue weighted by Gasteiger charge is -2.27. The van der Waals surface area contributed by atoms with Crippen molar-refractivity contribution in [1.82, 2.24) is 15.6 Å². The molecule has 0 unspecified atom stereocenters. The molecule has 0 spiro atoms. The number of para-hydroxylation sites is 1. The number of urea groups is 1. The van der Waals surface area contributed by atoms with Gasteiger partial charge in [0.1, 0.15) is 0 Å². The molecular weight excluding hydrogens is 390 g/mol. The number of benzene rings is 2. The minimum absolute atomic E-state index is 0.108. The summed E-state index contributed by atoms with van der Waals surface area (Å²) in [5.41, 5.74) is 2.87. The molecule has 3 aromatic rings. The molecule has 2 aromatic carbocycles. The number of aromatic nitrogens is 1. The van der Waals surface area contributed by atoms with E-state index in [-0.39, 0.29) is 18.0 Å². The third-order valence-electron chi connectivity index (χ3n) is 4.92. The van der Waals surface area contributed by atoms with Gasteiger partial charge in [0.2, 0.25) is 0 Å². The van der Waals surface area contributed by atoms with Gasteiger partial charge in [0.15, 0.2) is 0 Å². The summed E-state index contributed by atoms with van der Waals surface area (Å²) < 4.78 is 0. The second-order valence-electron chi connectivity index (χ2n) is 7.22. The number of hydrogen-bond donors (Lipinski definition) is 3. The Hall–Kier alpha value is -3.87. The maximum absolute atomic E-state index is 12.4. The van der Waals surface area contributed by atoms with Crippen LogP contribution < -0.4 is 20.9 Å². The summed E-state index contributed by atoms with van der Waals surface area (Å²) in [6.45, 7) is 2.85. The third kappa shape index (κ3) is 6.57. The number of pyridine rings is 1. The second-order valence-corrected chi connectivity index (χ2v) is 7.22. The Morgan fingerprint density at radius 3 is 2.48 bits per heavy atom. The molecule has 1 aromatic heterocycles. The number of nitrogens with zero attached hydrogens (tertiary/aromatic N) is 2. The van der Waals surface area contributed by atoms with Crippen LogP contribution in [0.1, 0.15) is 23.0 Å². The van der Waals surface area contributed by atoms with Crippen LogP contribution in [-0.2, 0) is 6.54 Å². The molecule has 7 heteroatoms. The molecule has 1 heterocycles. The quantitative estimate of drug-likeness (QED) is 0.522. The highest BCUT2D eigenvalue weighted by Gasteiger charge is 2.12. The molecule has 160 valence electrons. The van der Waals surface area contributed by atoms with Crippen LogP contribution in [0, 0.1) is 0 Å². The predicted molar refractivity (Wildman–Crippen MR) is 123 cm³/mol. The summed E-state index contributed by atoms with van der Waals surface area (Å²) in [6, 6.07) is 22.2. The molecule has 0 aliphatic heterocycles. The topological polar surface area (TPSA) is 86.4 Å². The lowest BCUT2D eigenvalue weighted by molar-refractivity contribution is 0.0950. The Bertz CT molecular complexity index is 995. The monoisotopic (exact) mass is 417 g/mol. The molecule has 0 aliphatic rings. The van der Waals surface area contributed by atoms with Crippen molar-refractivity contribution in [2.45, 2.75) is 19.5 Å². The van der Waals surface area contributed by atoms with Crippen LogP contribution in [0.2, 0.25) is 0 Å². The smallest absolute Gasteiger partial charge is 0.319 e. The summed E-state index contributed by atoms with van der Waals surface area (Å²) in [5, 5.41) is 8.49. The number of amides is 3. The van der Waals surface area contributed by atoms with E-state index in [0.29, 0.717) is 24.3 Å². The fourth-order valence-corrected chi connectivity index (χ4v) is 2.98. The minimum Gasteiger partial charge on any atom is -0.370 e. The highest BCUT2D eigenvalue weighted by molar-refractivity contribution is 5.96. The van der Waals surface area contributed by atoms with Crippen molar-refractivity contribution in [3.8, 4) is 0 Å². The molecule has 3 amide bonds. The summed E-state index contributed by atoms with van der Waals surface area (Å²) >= 11 is 0. The van der Waals surface area contributed by atoms with Crippen molar-refractivity contribution < 1.29 is 9.59 Å². The van der Waals surface area contributed by atoms with Gasteiger partial charge in [-0.1, -0.05) is 30.3 Å². The van der Waals surface area contributed by atoms with Crippen LogP contribution in [0.3, 0.4) is 0 Å². The maximum atomic E-state index is 12.4. The van der Waals surface area contributed by atoms with Gasteiger partial charge in [-0.25, -0.2) is 4.79 Å². The zero-order valence-electron chi connectivity index (χ0n) is 17.7. The Balaban J connectivity index is 1.49. The molecule has 1 atom stereocenters. The molecule has 31 heavy (non-hydrogen) atoms.